The zero-order valence-corrected chi connectivity index (χ0v) is 15.8. The maximum absolute atomic E-state index is 12.3. The third-order valence-corrected chi connectivity index (χ3v) is 3.47. The van der Waals surface area contributed by atoms with Crippen molar-refractivity contribution in [2.24, 2.45) is 4.99 Å². The normalized spacial score (nSPS) is 12.8. The Morgan fingerprint density at radius 3 is 2.19 bits per heavy atom. The molecule has 1 rings (SSSR count). The number of benzene rings is 1. The van der Waals surface area contributed by atoms with Crippen LogP contribution in [-0.2, 0) is 10.0 Å². The number of hydrogen-bond donors (Lipinski definition) is 1. The quantitative estimate of drug-likeness (QED) is 0.431. The van der Waals surface area contributed by atoms with Gasteiger partial charge in [-0.3, -0.25) is 9.71 Å². The first-order valence-electron chi connectivity index (χ1n) is 5.36. The zero-order valence-electron chi connectivity index (χ0n) is 11.9. The Balaban J connectivity index is 0.00000400. The van der Waals surface area contributed by atoms with Crippen molar-refractivity contribution in [2.45, 2.75) is 26.3 Å². The molecule has 0 unspecified atom stereocenters. The maximum Gasteiger partial charge on any atom is 1.00 e. The standard InChI is InChI=1S/C11H13F3N2O3S.K/c1-6-4-7(2)10(5-9(6)15-8(3)17)16-20(18,19)11(12,13)14;/h4-5,16H,1-3H3,(H,15,17);/q;+1/p-1. The van der Waals surface area contributed by atoms with E-state index >= 15 is 0 Å². The van der Waals surface area contributed by atoms with Crippen LogP contribution in [-0.4, -0.2) is 19.8 Å². The van der Waals surface area contributed by atoms with Crippen LogP contribution in [0.15, 0.2) is 17.1 Å². The molecule has 21 heavy (non-hydrogen) atoms. The number of anilines is 1. The molecule has 112 valence electrons. The zero-order chi connectivity index (χ0) is 15.7. The summed E-state index contributed by atoms with van der Waals surface area (Å²) in [5.74, 6) is -0.540. The summed E-state index contributed by atoms with van der Waals surface area (Å²) in [6.07, 6.45) is 0. The molecule has 0 atom stereocenters. The van der Waals surface area contributed by atoms with Crippen molar-refractivity contribution in [1.82, 2.24) is 0 Å². The van der Waals surface area contributed by atoms with Gasteiger partial charge in [0.1, 0.15) is 0 Å². The topological polar surface area (TPSA) is 81.6 Å². The smallest absolute Gasteiger partial charge is 0.862 e. The number of nitrogens with one attached hydrogen (secondary N) is 1. The number of rotatable bonds is 3. The van der Waals surface area contributed by atoms with Crippen molar-refractivity contribution >= 4 is 27.3 Å². The molecule has 0 radical (unpaired) electrons. The van der Waals surface area contributed by atoms with E-state index in [0.29, 0.717) is 5.56 Å². The van der Waals surface area contributed by atoms with Crippen LogP contribution >= 0.6 is 0 Å². The van der Waals surface area contributed by atoms with Gasteiger partial charge in [-0.05, 0) is 43.9 Å². The van der Waals surface area contributed by atoms with Gasteiger partial charge in [-0.1, -0.05) is 6.07 Å². The molecule has 0 aliphatic heterocycles. The van der Waals surface area contributed by atoms with Crippen LogP contribution in [0.25, 0.3) is 0 Å². The molecular formula is C11H12F3KN2O3S. The summed E-state index contributed by atoms with van der Waals surface area (Å²) in [4.78, 5) is 3.60. The molecule has 0 aliphatic carbocycles. The third-order valence-electron chi connectivity index (χ3n) is 2.37. The van der Waals surface area contributed by atoms with E-state index in [1.807, 2.05) is 0 Å². The summed E-state index contributed by atoms with van der Waals surface area (Å²) in [6.45, 7) is 4.23. The minimum atomic E-state index is -5.51. The second-order valence-electron chi connectivity index (χ2n) is 4.14. The molecule has 0 spiro atoms. The fourth-order valence-electron chi connectivity index (χ4n) is 1.44. The summed E-state index contributed by atoms with van der Waals surface area (Å²) in [6, 6.07) is 2.53. The summed E-state index contributed by atoms with van der Waals surface area (Å²) >= 11 is 0. The average molecular weight is 348 g/mol. The predicted octanol–water partition coefficient (Wildman–Crippen LogP) is -1.02. The van der Waals surface area contributed by atoms with Gasteiger partial charge in [0, 0.05) is 0 Å². The molecule has 1 aromatic carbocycles. The molecule has 5 nitrogen and oxygen atoms in total. The molecule has 0 heterocycles. The Kier molecular flexibility index (Phi) is 7.37. The predicted molar refractivity (Wildman–Crippen MR) is 67.3 cm³/mol. The van der Waals surface area contributed by atoms with Gasteiger partial charge in [-0.25, -0.2) is 0 Å². The number of sulfonamides is 1. The Labute approximate surface area is 163 Å². The Hall–Kier alpha value is -0.134. The van der Waals surface area contributed by atoms with Crippen LogP contribution in [0.2, 0.25) is 0 Å². The number of nitrogens with zero attached hydrogens (tertiary/aromatic N) is 1. The van der Waals surface area contributed by atoms with Crippen molar-refractivity contribution < 1.29 is 78.1 Å². The van der Waals surface area contributed by atoms with Crippen LogP contribution < -0.4 is 61.2 Å². The van der Waals surface area contributed by atoms with Crippen molar-refractivity contribution in [1.29, 1.82) is 0 Å². The molecule has 1 aromatic rings. The van der Waals surface area contributed by atoms with E-state index in [4.69, 9.17) is 0 Å². The number of aryl methyl sites for hydroxylation is 2. The van der Waals surface area contributed by atoms with Gasteiger partial charge in [-0.15, -0.1) is 0 Å². The Morgan fingerprint density at radius 2 is 1.76 bits per heavy atom. The first-order chi connectivity index (χ1) is 8.94. The summed E-state index contributed by atoms with van der Waals surface area (Å²) in [7, 11) is -5.51. The molecule has 1 N–H and O–H groups in total. The van der Waals surface area contributed by atoms with Gasteiger partial charge in [0.25, 0.3) is 0 Å². The molecule has 10 heteroatoms. The van der Waals surface area contributed by atoms with Gasteiger partial charge in [-0.2, -0.15) is 21.6 Å². The van der Waals surface area contributed by atoms with E-state index in [1.54, 1.807) is 6.92 Å². The largest absolute Gasteiger partial charge is 1.00 e. The maximum atomic E-state index is 12.3. The van der Waals surface area contributed by atoms with E-state index in [9.17, 15) is 26.7 Å². The van der Waals surface area contributed by atoms with Crippen LogP contribution in [0.4, 0.5) is 24.5 Å². The van der Waals surface area contributed by atoms with Crippen LogP contribution in [0.3, 0.4) is 0 Å². The van der Waals surface area contributed by atoms with Crippen LogP contribution in [0.1, 0.15) is 18.1 Å². The monoisotopic (exact) mass is 348 g/mol. The fourth-order valence-corrected chi connectivity index (χ4v) is 2.07. The van der Waals surface area contributed by atoms with Gasteiger partial charge in [0.2, 0.25) is 0 Å². The van der Waals surface area contributed by atoms with Crippen LogP contribution in [0.5, 0.6) is 0 Å². The SMILES string of the molecule is CC([O-])=Nc1cc(NS(=O)(=O)C(F)(F)F)c(C)cc1C.[K+]. The minimum Gasteiger partial charge on any atom is -0.862 e. The molecule has 0 fully saturated rings. The molecular weight excluding hydrogens is 336 g/mol. The molecule has 0 aromatic heterocycles. The fraction of sp³-hybridized carbons (Fsp3) is 0.364. The summed E-state index contributed by atoms with van der Waals surface area (Å²) in [5.41, 5.74) is -4.73. The Bertz CT molecular complexity index is 653. The number of alkyl halides is 3. The summed E-state index contributed by atoms with van der Waals surface area (Å²) in [5, 5.41) is 10.9. The average Bonchev–Trinajstić information content (AvgIpc) is 2.22. The van der Waals surface area contributed by atoms with Gasteiger partial charge in [0.05, 0.1) is 11.4 Å². The van der Waals surface area contributed by atoms with Crippen LogP contribution in [0, 0.1) is 13.8 Å². The van der Waals surface area contributed by atoms with Crippen molar-refractivity contribution in [3.63, 3.8) is 0 Å². The van der Waals surface area contributed by atoms with Crippen molar-refractivity contribution in [3.8, 4) is 0 Å². The van der Waals surface area contributed by atoms with Crippen molar-refractivity contribution in [3.05, 3.63) is 23.3 Å². The molecule has 0 bridgehead atoms. The van der Waals surface area contributed by atoms with E-state index in [0.717, 1.165) is 6.07 Å². The van der Waals surface area contributed by atoms with Gasteiger partial charge < -0.3 is 5.11 Å². The molecule has 0 saturated heterocycles. The third kappa shape index (κ3) is 5.53. The second-order valence-corrected chi connectivity index (χ2v) is 5.81. The Morgan fingerprint density at radius 1 is 1.24 bits per heavy atom. The number of aliphatic imine (C=N–C) groups is 1. The molecule has 0 aliphatic rings. The summed E-state index contributed by atoms with van der Waals surface area (Å²) < 4.78 is 60.5. The van der Waals surface area contributed by atoms with E-state index in [1.165, 1.54) is 24.6 Å². The molecule has 0 saturated carbocycles. The number of halogens is 3. The van der Waals surface area contributed by atoms with E-state index in [2.05, 4.69) is 4.99 Å². The molecule has 0 amide bonds. The van der Waals surface area contributed by atoms with Crippen molar-refractivity contribution in [2.75, 3.05) is 4.72 Å². The minimum absolute atomic E-state index is 0. The first kappa shape index (κ1) is 20.9. The van der Waals surface area contributed by atoms with Gasteiger partial charge in [0.15, 0.2) is 0 Å². The number of hydrogen-bond acceptors (Lipinski definition) is 4. The van der Waals surface area contributed by atoms with E-state index in [-0.39, 0.29) is 68.3 Å². The second kappa shape index (κ2) is 7.42. The first-order valence-corrected chi connectivity index (χ1v) is 6.85. The van der Waals surface area contributed by atoms with E-state index < -0.39 is 21.4 Å². The van der Waals surface area contributed by atoms with Gasteiger partial charge >= 0.3 is 66.9 Å².